The lowest BCUT2D eigenvalue weighted by Gasteiger charge is -2.06. The summed E-state index contributed by atoms with van der Waals surface area (Å²) in [5, 5.41) is 7.52. The summed E-state index contributed by atoms with van der Waals surface area (Å²) in [6, 6.07) is 23.9. The highest BCUT2D eigenvalue weighted by molar-refractivity contribution is 7.80. The van der Waals surface area contributed by atoms with Crippen LogP contribution in [0.2, 0.25) is 0 Å². The number of thiocarbonyl (C=S) groups is 1. The van der Waals surface area contributed by atoms with E-state index in [-0.39, 0.29) is 5.97 Å². The summed E-state index contributed by atoms with van der Waals surface area (Å²) in [5.41, 5.74) is 6.01. The lowest BCUT2D eigenvalue weighted by Crippen LogP contribution is -2.23. The van der Waals surface area contributed by atoms with Crippen LogP contribution in [0.5, 0.6) is 5.75 Å². The van der Waals surface area contributed by atoms with Crippen molar-refractivity contribution < 1.29 is 9.53 Å². The molecule has 0 fully saturated rings. The summed E-state index contributed by atoms with van der Waals surface area (Å²) in [5.74, 6) is 0.0852. The normalized spacial score (nSPS) is 10.5. The van der Waals surface area contributed by atoms with Gasteiger partial charge in [0.15, 0.2) is 5.11 Å². The van der Waals surface area contributed by atoms with Gasteiger partial charge in [0.2, 0.25) is 0 Å². The molecule has 0 amide bonds. The molecule has 2 N–H and O–H groups in total. The quantitative estimate of drug-likeness (QED) is 0.221. The van der Waals surface area contributed by atoms with Gasteiger partial charge in [0.25, 0.3) is 0 Å². The SMILES string of the molecule is Cc1cccc(C(=O)Oc2ccc(/C=N\NC(=S)Nc3ccccc3)cc2)c1. The van der Waals surface area contributed by atoms with Crippen LogP contribution in [0, 0.1) is 6.92 Å². The average Bonchev–Trinajstić information content (AvgIpc) is 2.70. The first kappa shape index (κ1) is 19.3. The molecule has 0 radical (unpaired) electrons. The molecule has 0 bridgehead atoms. The molecule has 0 atom stereocenters. The fourth-order valence-corrected chi connectivity index (χ4v) is 2.58. The van der Waals surface area contributed by atoms with Crippen LogP contribution in [-0.2, 0) is 0 Å². The van der Waals surface area contributed by atoms with Crippen molar-refractivity contribution in [2.24, 2.45) is 5.10 Å². The lowest BCUT2D eigenvalue weighted by molar-refractivity contribution is 0.0734. The number of aryl methyl sites for hydroxylation is 1. The number of benzene rings is 3. The van der Waals surface area contributed by atoms with Crippen LogP contribution in [-0.4, -0.2) is 17.3 Å². The molecule has 0 saturated heterocycles. The van der Waals surface area contributed by atoms with Gasteiger partial charge in [0.05, 0.1) is 11.8 Å². The minimum Gasteiger partial charge on any atom is -0.423 e. The number of carbonyl (C=O) groups is 1. The second kappa shape index (κ2) is 9.43. The summed E-state index contributed by atoms with van der Waals surface area (Å²) in [6.07, 6.45) is 1.63. The van der Waals surface area contributed by atoms with Gasteiger partial charge in [-0.15, -0.1) is 0 Å². The zero-order chi connectivity index (χ0) is 19.8. The van der Waals surface area contributed by atoms with Crippen LogP contribution in [0.15, 0.2) is 84.0 Å². The zero-order valence-electron chi connectivity index (χ0n) is 15.3. The third-order valence-corrected chi connectivity index (χ3v) is 3.95. The van der Waals surface area contributed by atoms with Crippen LogP contribution in [0.25, 0.3) is 0 Å². The van der Waals surface area contributed by atoms with Gasteiger partial charge in [-0.25, -0.2) is 4.79 Å². The first-order valence-electron chi connectivity index (χ1n) is 8.64. The third kappa shape index (κ3) is 5.75. The number of hydrazone groups is 1. The molecule has 0 heterocycles. The van der Waals surface area contributed by atoms with E-state index in [1.807, 2.05) is 49.4 Å². The zero-order valence-corrected chi connectivity index (χ0v) is 16.1. The lowest BCUT2D eigenvalue weighted by atomic mass is 10.1. The molecule has 3 aromatic carbocycles. The Hall–Kier alpha value is -3.51. The molecule has 0 saturated carbocycles. The summed E-state index contributed by atoms with van der Waals surface area (Å²) in [4.78, 5) is 12.2. The molecule has 5 nitrogen and oxygen atoms in total. The van der Waals surface area contributed by atoms with Crippen molar-refractivity contribution in [2.75, 3.05) is 5.32 Å². The first-order chi connectivity index (χ1) is 13.6. The van der Waals surface area contributed by atoms with Gasteiger partial charge in [-0.05, 0) is 73.2 Å². The van der Waals surface area contributed by atoms with E-state index in [0.717, 1.165) is 16.8 Å². The second-order valence-corrected chi connectivity index (χ2v) is 6.43. The first-order valence-corrected chi connectivity index (χ1v) is 9.05. The highest BCUT2D eigenvalue weighted by Gasteiger charge is 2.08. The van der Waals surface area contributed by atoms with Crippen molar-refractivity contribution in [1.82, 2.24) is 5.43 Å². The molecule has 0 aliphatic rings. The minimum atomic E-state index is -0.385. The van der Waals surface area contributed by atoms with E-state index in [1.165, 1.54) is 0 Å². The van der Waals surface area contributed by atoms with Gasteiger partial charge in [0, 0.05) is 5.69 Å². The Kier molecular flexibility index (Phi) is 6.49. The number of esters is 1. The van der Waals surface area contributed by atoms with E-state index in [9.17, 15) is 4.79 Å². The molecule has 28 heavy (non-hydrogen) atoms. The van der Waals surface area contributed by atoms with Crippen LogP contribution in [0.3, 0.4) is 0 Å². The summed E-state index contributed by atoms with van der Waals surface area (Å²) >= 11 is 5.18. The average molecular weight is 389 g/mol. The maximum absolute atomic E-state index is 12.2. The number of nitrogens with one attached hydrogen (secondary N) is 2. The Bertz CT molecular complexity index is 986. The van der Waals surface area contributed by atoms with Crippen molar-refractivity contribution in [2.45, 2.75) is 6.92 Å². The number of rotatable bonds is 5. The van der Waals surface area contributed by atoms with Crippen molar-refractivity contribution in [3.63, 3.8) is 0 Å². The van der Waals surface area contributed by atoms with Gasteiger partial charge in [-0.2, -0.15) is 5.10 Å². The molecule has 0 aliphatic carbocycles. The topological polar surface area (TPSA) is 62.7 Å². The van der Waals surface area contributed by atoms with Crippen molar-refractivity contribution in [3.8, 4) is 5.75 Å². The molecular weight excluding hydrogens is 370 g/mol. The Balaban J connectivity index is 1.52. The van der Waals surface area contributed by atoms with Crippen molar-refractivity contribution >= 4 is 35.2 Å². The van der Waals surface area contributed by atoms with Crippen LogP contribution in [0.1, 0.15) is 21.5 Å². The molecule has 3 rings (SSSR count). The van der Waals surface area contributed by atoms with E-state index in [4.69, 9.17) is 17.0 Å². The van der Waals surface area contributed by atoms with E-state index < -0.39 is 0 Å². The van der Waals surface area contributed by atoms with Crippen LogP contribution in [0.4, 0.5) is 5.69 Å². The number of hydrogen-bond acceptors (Lipinski definition) is 4. The predicted molar refractivity (Wildman–Crippen MR) is 116 cm³/mol. The van der Waals surface area contributed by atoms with Gasteiger partial charge in [-0.3, -0.25) is 5.43 Å². The highest BCUT2D eigenvalue weighted by Crippen LogP contribution is 2.14. The number of para-hydroxylation sites is 1. The van der Waals surface area contributed by atoms with E-state index in [0.29, 0.717) is 16.4 Å². The molecule has 3 aromatic rings. The predicted octanol–water partition coefficient (Wildman–Crippen LogP) is 4.53. The molecule has 0 unspecified atom stereocenters. The largest absolute Gasteiger partial charge is 0.423 e. The number of hydrogen-bond donors (Lipinski definition) is 2. The van der Waals surface area contributed by atoms with E-state index >= 15 is 0 Å². The van der Waals surface area contributed by atoms with E-state index in [2.05, 4.69) is 15.8 Å². The number of carbonyl (C=O) groups excluding carboxylic acids is 1. The third-order valence-electron chi connectivity index (χ3n) is 3.76. The standard InChI is InChI=1S/C22H19N3O2S/c1-16-6-5-7-18(14-16)21(26)27-20-12-10-17(11-13-20)15-23-25-22(28)24-19-8-3-2-4-9-19/h2-15H,1H3,(H2,24,25,28)/b23-15-. The summed E-state index contributed by atoms with van der Waals surface area (Å²) in [6.45, 7) is 1.93. The molecule has 0 spiro atoms. The van der Waals surface area contributed by atoms with Crippen LogP contribution < -0.4 is 15.5 Å². The highest BCUT2D eigenvalue weighted by atomic mass is 32.1. The summed E-state index contributed by atoms with van der Waals surface area (Å²) in [7, 11) is 0. The fraction of sp³-hybridized carbons (Fsp3) is 0.0455. The Morgan fingerprint density at radius 1 is 1.00 bits per heavy atom. The molecular formula is C22H19N3O2S. The Labute approximate surface area is 169 Å². The van der Waals surface area contributed by atoms with Gasteiger partial charge in [0.1, 0.15) is 5.75 Å². The molecule has 0 aromatic heterocycles. The molecule has 6 heteroatoms. The van der Waals surface area contributed by atoms with Gasteiger partial charge >= 0.3 is 5.97 Å². The smallest absolute Gasteiger partial charge is 0.343 e. The number of nitrogens with zero attached hydrogens (tertiary/aromatic N) is 1. The van der Waals surface area contributed by atoms with Crippen molar-refractivity contribution in [3.05, 3.63) is 95.6 Å². The van der Waals surface area contributed by atoms with E-state index in [1.54, 1.807) is 42.6 Å². The number of ether oxygens (including phenoxy) is 1. The van der Waals surface area contributed by atoms with Crippen LogP contribution >= 0.6 is 12.2 Å². The van der Waals surface area contributed by atoms with Crippen molar-refractivity contribution in [1.29, 1.82) is 0 Å². The Morgan fingerprint density at radius 2 is 1.75 bits per heavy atom. The minimum absolute atomic E-state index is 0.385. The maximum atomic E-state index is 12.2. The fourth-order valence-electron chi connectivity index (χ4n) is 2.41. The summed E-state index contributed by atoms with van der Waals surface area (Å²) < 4.78 is 5.39. The van der Waals surface area contributed by atoms with Gasteiger partial charge in [-0.1, -0.05) is 35.9 Å². The maximum Gasteiger partial charge on any atom is 0.343 e. The Morgan fingerprint density at radius 3 is 2.46 bits per heavy atom. The molecule has 0 aliphatic heterocycles. The molecule has 140 valence electrons. The second-order valence-electron chi connectivity index (χ2n) is 6.02. The number of anilines is 1. The monoisotopic (exact) mass is 389 g/mol. The van der Waals surface area contributed by atoms with Gasteiger partial charge < -0.3 is 10.1 Å².